The second-order valence-corrected chi connectivity index (χ2v) is 5.72. The van der Waals surface area contributed by atoms with Crippen molar-refractivity contribution in [2.45, 2.75) is 13.3 Å². The van der Waals surface area contributed by atoms with Crippen LogP contribution in [0.25, 0.3) is 21.3 Å². The Balaban J connectivity index is 2.19. The fourth-order valence-corrected chi connectivity index (χ4v) is 3.54. The van der Waals surface area contributed by atoms with Crippen LogP contribution in [0.4, 0.5) is 0 Å². The summed E-state index contributed by atoms with van der Waals surface area (Å²) in [5, 5.41) is 3.51. The molecule has 0 fully saturated rings. The van der Waals surface area contributed by atoms with Crippen molar-refractivity contribution in [1.82, 2.24) is 9.97 Å². The van der Waals surface area contributed by atoms with Gasteiger partial charge in [-0.05, 0) is 29.1 Å². The molecule has 0 radical (unpaired) electrons. The van der Waals surface area contributed by atoms with Crippen LogP contribution < -0.4 is 0 Å². The smallest absolute Gasteiger partial charge is 0.207 e. The molecule has 0 saturated heterocycles. The molecule has 2 nitrogen and oxygen atoms in total. The summed E-state index contributed by atoms with van der Waals surface area (Å²) in [5.74, 6) is 0. The molecule has 3 rings (SSSR count). The van der Waals surface area contributed by atoms with Crippen LogP contribution in [-0.4, -0.2) is 9.97 Å². The number of aryl methyl sites for hydroxylation is 1. The van der Waals surface area contributed by atoms with Crippen LogP contribution in [-0.2, 0) is 6.42 Å². The van der Waals surface area contributed by atoms with Crippen molar-refractivity contribution in [2.24, 2.45) is 0 Å². The predicted octanol–water partition coefficient (Wildman–Crippen LogP) is 5.23. The van der Waals surface area contributed by atoms with Crippen LogP contribution in [0.3, 0.4) is 0 Å². The van der Waals surface area contributed by atoms with E-state index in [9.17, 15) is 0 Å². The maximum absolute atomic E-state index is 6.19. The molecular weight excluding hydrogens is 299 g/mol. The highest BCUT2D eigenvalue weighted by Gasteiger charge is 2.13. The van der Waals surface area contributed by atoms with E-state index >= 15 is 0 Å². The Labute approximate surface area is 125 Å². The summed E-state index contributed by atoms with van der Waals surface area (Å²) in [6.07, 6.45) is 1.03. The fraction of sp³-hybridized carbons (Fsp3) is 0.143. The Morgan fingerprint density at radius 1 is 1.11 bits per heavy atom. The molecule has 2 aromatic heterocycles. The molecular formula is C14H10Cl2N2S. The zero-order valence-electron chi connectivity index (χ0n) is 10.2. The number of aromatic nitrogens is 2. The van der Waals surface area contributed by atoms with Crippen LogP contribution >= 0.6 is 34.5 Å². The highest BCUT2D eigenvalue weighted by atomic mass is 35.5. The van der Waals surface area contributed by atoms with Gasteiger partial charge in [0.2, 0.25) is 5.28 Å². The summed E-state index contributed by atoms with van der Waals surface area (Å²) in [7, 11) is 0. The van der Waals surface area contributed by atoms with E-state index in [-0.39, 0.29) is 5.28 Å². The van der Waals surface area contributed by atoms with Crippen molar-refractivity contribution in [3.8, 4) is 11.1 Å². The van der Waals surface area contributed by atoms with E-state index in [1.807, 2.05) is 5.38 Å². The summed E-state index contributed by atoms with van der Waals surface area (Å²) >= 11 is 13.5. The third-order valence-corrected chi connectivity index (χ3v) is 4.35. The van der Waals surface area contributed by atoms with Crippen LogP contribution in [0.15, 0.2) is 29.6 Å². The monoisotopic (exact) mass is 308 g/mol. The van der Waals surface area contributed by atoms with Crippen molar-refractivity contribution < 1.29 is 0 Å². The Kier molecular flexibility index (Phi) is 3.44. The van der Waals surface area contributed by atoms with Crippen molar-refractivity contribution in [3.05, 3.63) is 45.6 Å². The van der Waals surface area contributed by atoms with Crippen molar-refractivity contribution in [3.63, 3.8) is 0 Å². The van der Waals surface area contributed by atoms with E-state index in [1.54, 1.807) is 0 Å². The first-order chi connectivity index (χ1) is 9.19. The van der Waals surface area contributed by atoms with E-state index < -0.39 is 0 Å². The van der Waals surface area contributed by atoms with Crippen LogP contribution in [0, 0.1) is 0 Å². The summed E-state index contributed by atoms with van der Waals surface area (Å²) in [6.45, 7) is 2.14. The second kappa shape index (κ2) is 5.08. The molecule has 0 spiro atoms. The van der Waals surface area contributed by atoms with Gasteiger partial charge in [0.25, 0.3) is 0 Å². The van der Waals surface area contributed by atoms with Crippen LogP contribution in [0.1, 0.15) is 12.5 Å². The fourth-order valence-electron chi connectivity index (χ4n) is 2.01. The lowest BCUT2D eigenvalue weighted by atomic mass is 10.0. The molecule has 0 aliphatic heterocycles. The minimum Gasteiger partial charge on any atom is -0.207 e. The molecule has 0 bridgehead atoms. The van der Waals surface area contributed by atoms with E-state index in [0.29, 0.717) is 5.15 Å². The van der Waals surface area contributed by atoms with Crippen molar-refractivity contribution >= 4 is 44.8 Å². The Bertz CT molecular complexity index is 735. The summed E-state index contributed by atoms with van der Waals surface area (Å²) in [6, 6.07) is 8.46. The molecule has 5 heteroatoms. The molecule has 96 valence electrons. The quantitative estimate of drug-likeness (QED) is 0.478. The first kappa shape index (κ1) is 12.9. The minimum atomic E-state index is 0.187. The molecule has 1 aromatic carbocycles. The largest absolute Gasteiger partial charge is 0.225 e. The highest BCUT2D eigenvalue weighted by Crippen LogP contribution is 2.37. The van der Waals surface area contributed by atoms with Gasteiger partial charge in [0.15, 0.2) is 0 Å². The lowest BCUT2D eigenvalue weighted by molar-refractivity contribution is 1.14. The third-order valence-electron chi connectivity index (χ3n) is 3.04. The lowest BCUT2D eigenvalue weighted by Crippen LogP contribution is -1.85. The number of hydrogen-bond acceptors (Lipinski definition) is 3. The van der Waals surface area contributed by atoms with Gasteiger partial charge in [0, 0.05) is 10.9 Å². The number of rotatable bonds is 2. The molecule has 2 heterocycles. The number of hydrogen-bond donors (Lipinski definition) is 0. The van der Waals surface area contributed by atoms with Gasteiger partial charge in [-0.2, -0.15) is 0 Å². The Morgan fingerprint density at radius 3 is 2.53 bits per heavy atom. The Morgan fingerprint density at radius 2 is 1.84 bits per heavy atom. The van der Waals surface area contributed by atoms with Crippen LogP contribution in [0.5, 0.6) is 0 Å². The maximum atomic E-state index is 6.19. The number of benzene rings is 1. The molecule has 0 atom stereocenters. The molecule has 0 saturated carbocycles. The summed E-state index contributed by atoms with van der Waals surface area (Å²) < 4.78 is 0. The molecule has 0 N–H and O–H groups in total. The first-order valence-electron chi connectivity index (χ1n) is 5.88. The SMILES string of the molecule is CCc1ccc(-c2csc3nc(Cl)nc(Cl)c23)cc1. The van der Waals surface area contributed by atoms with E-state index in [0.717, 1.165) is 27.8 Å². The van der Waals surface area contributed by atoms with E-state index in [2.05, 4.69) is 41.2 Å². The van der Waals surface area contributed by atoms with Gasteiger partial charge in [-0.3, -0.25) is 0 Å². The third kappa shape index (κ3) is 2.34. The topological polar surface area (TPSA) is 25.8 Å². The zero-order valence-corrected chi connectivity index (χ0v) is 12.5. The van der Waals surface area contributed by atoms with Gasteiger partial charge in [-0.15, -0.1) is 11.3 Å². The van der Waals surface area contributed by atoms with Crippen molar-refractivity contribution in [1.29, 1.82) is 0 Å². The molecule has 3 aromatic rings. The van der Waals surface area contributed by atoms with E-state index in [1.165, 1.54) is 16.9 Å². The first-order valence-corrected chi connectivity index (χ1v) is 7.52. The minimum absolute atomic E-state index is 0.187. The molecule has 0 unspecified atom stereocenters. The van der Waals surface area contributed by atoms with Gasteiger partial charge >= 0.3 is 0 Å². The normalized spacial score (nSPS) is 11.1. The highest BCUT2D eigenvalue weighted by molar-refractivity contribution is 7.17. The molecule has 0 aliphatic rings. The summed E-state index contributed by atoms with van der Waals surface area (Å²) in [5.41, 5.74) is 3.49. The standard InChI is InChI=1S/C14H10Cl2N2S/c1-2-8-3-5-9(6-4-8)10-7-19-13-11(10)12(15)17-14(16)18-13/h3-7H,2H2,1H3. The number of fused-ring (bicyclic) bond motifs is 1. The molecule has 0 aliphatic carbocycles. The maximum Gasteiger partial charge on any atom is 0.225 e. The lowest BCUT2D eigenvalue weighted by Gasteiger charge is -2.03. The number of nitrogens with zero attached hydrogens (tertiary/aromatic N) is 2. The predicted molar refractivity (Wildman–Crippen MR) is 82.2 cm³/mol. The van der Waals surface area contributed by atoms with Crippen molar-refractivity contribution in [2.75, 3.05) is 0 Å². The summed E-state index contributed by atoms with van der Waals surface area (Å²) in [4.78, 5) is 9.04. The average molecular weight is 309 g/mol. The van der Waals surface area contributed by atoms with Gasteiger partial charge in [-0.25, -0.2) is 9.97 Å². The second-order valence-electron chi connectivity index (χ2n) is 4.16. The molecule has 19 heavy (non-hydrogen) atoms. The zero-order chi connectivity index (χ0) is 13.4. The average Bonchev–Trinajstić information content (AvgIpc) is 2.83. The van der Waals surface area contributed by atoms with Gasteiger partial charge in [0.1, 0.15) is 9.98 Å². The van der Waals surface area contributed by atoms with E-state index in [4.69, 9.17) is 23.2 Å². The van der Waals surface area contributed by atoms with Crippen LogP contribution in [0.2, 0.25) is 10.4 Å². The number of thiophene rings is 1. The van der Waals surface area contributed by atoms with Gasteiger partial charge in [-0.1, -0.05) is 42.8 Å². The molecule has 0 amide bonds. The van der Waals surface area contributed by atoms with Gasteiger partial charge in [0.05, 0.1) is 5.39 Å². The number of halogens is 2. The van der Waals surface area contributed by atoms with Gasteiger partial charge < -0.3 is 0 Å². The Hall–Kier alpha value is -1.16.